The van der Waals surface area contributed by atoms with E-state index in [2.05, 4.69) is 5.32 Å². The number of rotatable bonds is 0. The van der Waals surface area contributed by atoms with E-state index in [1.54, 1.807) is 0 Å². The van der Waals surface area contributed by atoms with Gasteiger partial charge in [-0.2, -0.15) is 0 Å². The molecule has 1 N–H and O–H groups in total. The van der Waals surface area contributed by atoms with Crippen LogP contribution in [0.15, 0.2) is 0 Å². The second-order valence-corrected chi connectivity index (χ2v) is 4.71. The lowest BCUT2D eigenvalue weighted by atomic mass is 9.60. The third kappa shape index (κ3) is 1.22. The maximum atomic E-state index is 5.66. The van der Waals surface area contributed by atoms with Crippen LogP contribution in [0.4, 0.5) is 0 Å². The van der Waals surface area contributed by atoms with Gasteiger partial charge < -0.3 is 14.8 Å². The highest BCUT2D eigenvalue weighted by Crippen LogP contribution is 2.57. The number of piperidine rings is 1. The largest absolute Gasteiger partial charge is 0.347 e. The zero-order valence-corrected chi connectivity index (χ0v) is 7.97. The van der Waals surface area contributed by atoms with Crippen LogP contribution in [0.25, 0.3) is 0 Å². The van der Waals surface area contributed by atoms with Crippen LogP contribution in [-0.2, 0) is 9.47 Å². The van der Waals surface area contributed by atoms with Crippen molar-refractivity contribution >= 4 is 0 Å². The van der Waals surface area contributed by atoms with Crippen molar-refractivity contribution in [2.24, 2.45) is 5.41 Å². The fourth-order valence-electron chi connectivity index (χ4n) is 3.10. The molecule has 3 fully saturated rings. The first kappa shape index (κ1) is 8.21. The first-order chi connectivity index (χ1) is 6.33. The molecule has 0 aromatic carbocycles. The summed E-state index contributed by atoms with van der Waals surface area (Å²) in [5.41, 5.74) is 0.565. The Kier molecular flexibility index (Phi) is 1.70. The lowest BCUT2D eigenvalue weighted by Crippen LogP contribution is -2.56. The van der Waals surface area contributed by atoms with Crippen LogP contribution >= 0.6 is 0 Å². The molecule has 3 nitrogen and oxygen atoms in total. The molecule has 74 valence electrons. The summed E-state index contributed by atoms with van der Waals surface area (Å²) in [7, 11) is 0. The molecule has 0 bridgehead atoms. The Morgan fingerprint density at radius 1 is 0.923 bits per heavy atom. The van der Waals surface area contributed by atoms with Crippen molar-refractivity contribution in [2.75, 3.05) is 26.3 Å². The van der Waals surface area contributed by atoms with Gasteiger partial charge in [0.05, 0.1) is 13.2 Å². The van der Waals surface area contributed by atoms with Crippen LogP contribution in [0.2, 0.25) is 0 Å². The molecule has 2 saturated heterocycles. The predicted molar refractivity (Wildman–Crippen MR) is 48.4 cm³/mol. The van der Waals surface area contributed by atoms with Crippen molar-refractivity contribution in [1.29, 1.82) is 0 Å². The van der Waals surface area contributed by atoms with Gasteiger partial charge in [0.2, 0.25) is 0 Å². The van der Waals surface area contributed by atoms with Gasteiger partial charge in [0, 0.05) is 12.8 Å². The molecule has 0 unspecified atom stereocenters. The van der Waals surface area contributed by atoms with Crippen LogP contribution in [0.1, 0.15) is 25.7 Å². The van der Waals surface area contributed by atoms with Gasteiger partial charge in [0.15, 0.2) is 5.79 Å². The summed E-state index contributed by atoms with van der Waals surface area (Å²) in [6.45, 7) is 3.95. The summed E-state index contributed by atoms with van der Waals surface area (Å²) in [6, 6.07) is 0. The molecule has 0 atom stereocenters. The Hall–Kier alpha value is -0.120. The van der Waals surface area contributed by atoms with E-state index >= 15 is 0 Å². The minimum Gasteiger partial charge on any atom is -0.347 e. The van der Waals surface area contributed by atoms with Crippen LogP contribution in [0.5, 0.6) is 0 Å². The molecule has 1 aliphatic carbocycles. The molecule has 2 heterocycles. The Morgan fingerprint density at radius 3 is 2.15 bits per heavy atom. The molecule has 2 spiro atoms. The number of hydrogen-bond donors (Lipinski definition) is 1. The van der Waals surface area contributed by atoms with Gasteiger partial charge in [-0.3, -0.25) is 0 Å². The smallest absolute Gasteiger partial charge is 0.169 e. The van der Waals surface area contributed by atoms with Crippen LogP contribution in [0, 0.1) is 5.41 Å². The lowest BCUT2D eigenvalue weighted by molar-refractivity contribution is -0.266. The molecule has 3 heteroatoms. The molecule has 1 saturated carbocycles. The van der Waals surface area contributed by atoms with Crippen molar-refractivity contribution in [2.45, 2.75) is 31.5 Å². The third-order valence-corrected chi connectivity index (χ3v) is 3.77. The summed E-state index contributed by atoms with van der Waals surface area (Å²) in [5, 5.41) is 3.41. The highest BCUT2D eigenvalue weighted by Gasteiger charge is 2.57. The summed E-state index contributed by atoms with van der Waals surface area (Å²) in [4.78, 5) is 0. The standard InChI is InChI=1S/C10H17NO2/c1-3-11-4-2-9(1)7-10(8-9)12-5-6-13-10/h11H,1-8H2. The molecule has 2 aliphatic heterocycles. The quantitative estimate of drug-likeness (QED) is 0.605. The Morgan fingerprint density at radius 2 is 1.54 bits per heavy atom. The lowest BCUT2D eigenvalue weighted by Gasteiger charge is -2.54. The molecule has 3 aliphatic rings. The van der Waals surface area contributed by atoms with E-state index in [-0.39, 0.29) is 5.79 Å². The van der Waals surface area contributed by atoms with Crippen molar-refractivity contribution in [1.82, 2.24) is 5.32 Å². The summed E-state index contributed by atoms with van der Waals surface area (Å²) in [6.07, 6.45) is 4.90. The van der Waals surface area contributed by atoms with E-state index < -0.39 is 0 Å². The average molecular weight is 183 g/mol. The molecule has 0 radical (unpaired) electrons. The second kappa shape index (κ2) is 2.69. The highest BCUT2D eigenvalue weighted by molar-refractivity contribution is 5.03. The zero-order chi connectivity index (χ0) is 8.78. The summed E-state index contributed by atoms with van der Waals surface area (Å²) < 4.78 is 11.3. The normalized spacial score (nSPS) is 35.1. The molecule has 0 amide bonds. The van der Waals surface area contributed by atoms with E-state index in [0.717, 1.165) is 26.1 Å². The molecule has 0 aromatic rings. The van der Waals surface area contributed by atoms with Crippen LogP contribution in [-0.4, -0.2) is 32.1 Å². The Balaban J connectivity index is 1.65. The van der Waals surface area contributed by atoms with E-state index in [4.69, 9.17) is 9.47 Å². The van der Waals surface area contributed by atoms with Gasteiger partial charge in [-0.05, 0) is 31.3 Å². The topological polar surface area (TPSA) is 30.5 Å². The van der Waals surface area contributed by atoms with E-state index in [9.17, 15) is 0 Å². The maximum absolute atomic E-state index is 5.66. The fourth-order valence-corrected chi connectivity index (χ4v) is 3.10. The minimum absolute atomic E-state index is 0.142. The zero-order valence-electron chi connectivity index (χ0n) is 7.97. The number of nitrogens with one attached hydrogen (secondary N) is 1. The fraction of sp³-hybridized carbons (Fsp3) is 1.00. The summed E-state index contributed by atoms with van der Waals surface area (Å²) in [5.74, 6) is -0.142. The van der Waals surface area contributed by atoms with Gasteiger partial charge >= 0.3 is 0 Å². The SMILES string of the molecule is C1CC2(CCN1)CC1(C2)OCCO1. The van der Waals surface area contributed by atoms with Crippen molar-refractivity contribution in [3.8, 4) is 0 Å². The van der Waals surface area contributed by atoms with Gasteiger partial charge in [-0.15, -0.1) is 0 Å². The molecule has 13 heavy (non-hydrogen) atoms. The van der Waals surface area contributed by atoms with Crippen molar-refractivity contribution < 1.29 is 9.47 Å². The third-order valence-electron chi connectivity index (χ3n) is 3.77. The van der Waals surface area contributed by atoms with Gasteiger partial charge in [0.25, 0.3) is 0 Å². The molecule has 0 aromatic heterocycles. The van der Waals surface area contributed by atoms with E-state index in [1.165, 1.54) is 25.9 Å². The molecular weight excluding hydrogens is 166 g/mol. The minimum atomic E-state index is -0.142. The number of ether oxygens (including phenoxy) is 2. The van der Waals surface area contributed by atoms with Gasteiger partial charge in [0.1, 0.15) is 0 Å². The second-order valence-electron chi connectivity index (χ2n) is 4.71. The van der Waals surface area contributed by atoms with Crippen molar-refractivity contribution in [3.05, 3.63) is 0 Å². The monoisotopic (exact) mass is 183 g/mol. The predicted octanol–water partition coefficient (Wildman–Crippen LogP) is 0.893. The Labute approximate surface area is 78.8 Å². The first-order valence-electron chi connectivity index (χ1n) is 5.31. The van der Waals surface area contributed by atoms with Gasteiger partial charge in [-0.1, -0.05) is 0 Å². The maximum Gasteiger partial charge on any atom is 0.169 e. The average Bonchev–Trinajstić information content (AvgIpc) is 2.54. The van der Waals surface area contributed by atoms with Gasteiger partial charge in [-0.25, -0.2) is 0 Å². The number of hydrogen-bond acceptors (Lipinski definition) is 3. The Bertz CT molecular complexity index is 195. The van der Waals surface area contributed by atoms with E-state index in [1.807, 2.05) is 0 Å². The molecule has 3 rings (SSSR count). The first-order valence-corrected chi connectivity index (χ1v) is 5.31. The molecular formula is C10H17NO2. The van der Waals surface area contributed by atoms with E-state index in [0.29, 0.717) is 5.41 Å². The van der Waals surface area contributed by atoms with Crippen LogP contribution < -0.4 is 5.32 Å². The highest BCUT2D eigenvalue weighted by atomic mass is 16.7. The summed E-state index contributed by atoms with van der Waals surface area (Å²) >= 11 is 0. The van der Waals surface area contributed by atoms with Crippen LogP contribution in [0.3, 0.4) is 0 Å². The van der Waals surface area contributed by atoms with Crippen molar-refractivity contribution in [3.63, 3.8) is 0 Å².